The van der Waals surface area contributed by atoms with Gasteiger partial charge in [0.2, 0.25) is 0 Å². The molecule has 0 bridgehead atoms. The topological polar surface area (TPSA) is 54.2 Å². The molecule has 2 heterocycles. The molecule has 3 aromatic rings. The van der Waals surface area contributed by atoms with Crippen LogP contribution < -0.4 is 10.6 Å². The van der Waals surface area contributed by atoms with Crippen molar-refractivity contribution in [3.05, 3.63) is 75.7 Å². The number of aliphatic imine (C=N–C) groups is 1. The van der Waals surface area contributed by atoms with E-state index in [0.29, 0.717) is 6.54 Å². The largest absolute Gasteiger partial charge is 0.357 e. The van der Waals surface area contributed by atoms with Crippen LogP contribution in [0.3, 0.4) is 0 Å². The van der Waals surface area contributed by atoms with Crippen molar-refractivity contribution < 1.29 is 0 Å². The average molecular weight is 509 g/mol. The summed E-state index contributed by atoms with van der Waals surface area (Å²) in [6.07, 6.45) is 4.88. The molecule has 5 nitrogen and oxygen atoms in total. The lowest BCUT2D eigenvalue weighted by Gasteiger charge is -2.12. The molecule has 2 aromatic heterocycles. The summed E-state index contributed by atoms with van der Waals surface area (Å²) >= 11 is 1.86. The van der Waals surface area contributed by atoms with Crippen molar-refractivity contribution in [2.75, 3.05) is 6.54 Å². The summed E-state index contributed by atoms with van der Waals surface area (Å²) < 4.78 is 1.94. The number of rotatable bonds is 8. The molecule has 0 radical (unpaired) electrons. The van der Waals surface area contributed by atoms with Gasteiger partial charge in [-0.05, 0) is 42.7 Å². The van der Waals surface area contributed by atoms with Crippen LogP contribution in [-0.2, 0) is 26.1 Å². The molecule has 7 heteroatoms. The van der Waals surface area contributed by atoms with E-state index in [2.05, 4.69) is 66.0 Å². The molecule has 28 heavy (non-hydrogen) atoms. The van der Waals surface area contributed by atoms with E-state index >= 15 is 0 Å². The molecule has 0 aliphatic rings. The van der Waals surface area contributed by atoms with Crippen LogP contribution >= 0.6 is 35.3 Å². The molecule has 150 valence electrons. The molecular weight excluding hydrogens is 481 g/mol. The molecule has 0 amide bonds. The van der Waals surface area contributed by atoms with Gasteiger partial charge < -0.3 is 10.6 Å². The summed E-state index contributed by atoms with van der Waals surface area (Å²) in [5.74, 6) is 0.845. The Bertz CT molecular complexity index is 857. The van der Waals surface area contributed by atoms with Crippen molar-refractivity contribution in [3.8, 4) is 0 Å². The summed E-state index contributed by atoms with van der Waals surface area (Å²) in [6, 6.07) is 14.8. The maximum atomic E-state index is 4.79. The van der Waals surface area contributed by atoms with Gasteiger partial charge in [-0.25, -0.2) is 4.99 Å². The van der Waals surface area contributed by atoms with Crippen LogP contribution in [-0.4, -0.2) is 22.3 Å². The number of aromatic nitrogens is 2. The fourth-order valence-corrected chi connectivity index (χ4v) is 3.72. The normalized spacial score (nSPS) is 11.1. The highest BCUT2D eigenvalue weighted by molar-refractivity contribution is 14.0. The van der Waals surface area contributed by atoms with Crippen molar-refractivity contribution in [1.82, 2.24) is 20.4 Å². The van der Waals surface area contributed by atoms with Gasteiger partial charge in [0, 0.05) is 28.7 Å². The molecule has 0 unspecified atom stereocenters. The van der Waals surface area contributed by atoms with E-state index in [1.54, 1.807) is 0 Å². The molecule has 0 spiro atoms. The van der Waals surface area contributed by atoms with Gasteiger partial charge in [-0.1, -0.05) is 31.2 Å². The Kier molecular flexibility index (Phi) is 9.49. The number of aryl methyl sites for hydroxylation is 1. The minimum absolute atomic E-state index is 0. The lowest BCUT2D eigenvalue weighted by atomic mass is 10.1. The third kappa shape index (κ3) is 6.63. The minimum Gasteiger partial charge on any atom is -0.357 e. The number of thiophene rings is 1. The van der Waals surface area contributed by atoms with Crippen LogP contribution in [0.15, 0.2) is 59.9 Å². The Balaban J connectivity index is 0.00000280. The van der Waals surface area contributed by atoms with Crippen molar-refractivity contribution in [2.24, 2.45) is 4.99 Å². The Labute approximate surface area is 188 Å². The summed E-state index contributed by atoms with van der Waals surface area (Å²) in [5.41, 5.74) is 2.46. The summed E-state index contributed by atoms with van der Waals surface area (Å²) in [5, 5.41) is 11.1. The SMILES string of the molecule is CCNC(=NCc1ccccc1Cn1cccn1)NCc1ccc(CC)s1.I. The first-order chi connectivity index (χ1) is 13.3. The van der Waals surface area contributed by atoms with Gasteiger partial charge in [0.15, 0.2) is 5.96 Å². The third-order valence-electron chi connectivity index (χ3n) is 4.26. The molecule has 2 N–H and O–H groups in total. The molecule has 0 aliphatic heterocycles. The lowest BCUT2D eigenvalue weighted by Crippen LogP contribution is -2.36. The van der Waals surface area contributed by atoms with E-state index in [1.165, 1.54) is 20.9 Å². The predicted octanol–water partition coefficient (Wildman–Crippen LogP) is 4.43. The molecular formula is C21H28IN5S. The number of hydrogen-bond acceptors (Lipinski definition) is 3. The van der Waals surface area contributed by atoms with Crippen LogP contribution in [0.2, 0.25) is 0 Å². The van der Waals surface area contributed by atoms with E-state index in [-0.39, 0.29) is 24.0 Å². The van der Waals surface area contributed by atoms with Crippen molar-refractivity contribution in [3.63, 3.8) is 0 Å². The smallest absolute Gasteiger partial charge is 0.191 e. The van der Waals surface area contributed by atoms with Gasteiger partial charge in [-0.2, -0.15) is 5.10 Å². The standard InChI is InChI=1S/C21H27N5S.HI/c1-3-19-10-11-20(27-19)15-24-21(22-4-2)23-14-17-8-5-6-9-18(17)16-26-13-7-12-25-26;/h5-13H,3-4,14-16H2,1-2H3,(H2,22,23,24);1H. The monoisotopic (exact) mass is 509 g/mol. The average Bonchev–Trinajstić information content (AvgIpc) is 3.37. The number of halogens is 1. The van der Waals surface area contributed by atoms with Gasteiger partial charge in [-0.15, -0.1) is 35.3 Å². The van der Waals surface area contributed by atoms with Crippen molar-refractivity contribution in [1.29, 1.82) is 0 Å². The second-order valence-corrected chi connectivity index (χ2v) is 7.50. The zero-order valence-corrected chi connectivity index (χ0v) is 19.5. The Hall–Kier alpha value is -1.87. The van der Waals surface area contributed by atoms with E-state index in [4.69, 9.17) is 4.99 Å². The van der Waals surface area contributed by atoms with E-state index in [1.807, 2.05) is 34.5 Å². The Morgan fingerprint density at radius 3 is 2.50 bits per heavy atom. The fourth-order valence-electron chi connectivity index (χ4n) is 2.82. The van der Waals surface area contributed by atoms with Gasteiger partial charge in [0.25, 0.3) is 0 Å². The molecule has 0 fully saturated rings. The maximum Gasteiger partial charge on any atom is 0.191 e. The van der Waals surface area contributed by atoms with Gasteiger partial charge >= 0.3 is 0 Å². The third-order valence-corrected chi connectivity index (χ3v) is 5.49. The van der Waals surface area contributed by atoms with E-state index < -0.39 is 0 Å². The molecule has 3 rings (SSSR count). The van der Waals surface area contributed by atoms with Crippen LogP contribution in [0.4, 0.5) is 0 Å². The number of benzene rings is 1. The zero-order chi connectivity index (χ0) is 18.9. The van der Waals surface area contributed by atoms with Crippen molar-refractivity contribution in [2.45, 2.75) is 39.9 Å². The predicted molar refractivity (Wildman–Crippen MR) is 129 cm³/mol. The highest BCUT2D eigenvalue weighted by atomic mass is 127. The molecule has 0 atom stereocenters. The Morgan fingerprint density at radius 1 is 1.04 bits per heavy atom. The number of guanidine groups is 1. The summed E-state index contributed by atoms with van der Waals surface area (Å²) in [4.78, 5) is 7.53. The highest BCUT2D eigenvalue weighted by Gasteiger charge is 2.05. The molecule has 0 aliphatic carbocycles. The highest BCUT2D eigenvalue weighted by Crippen LogP contribution is 2.16. The van der Waals surface area contributed by atoms with Crippen LogP contribution in [0.25, 0.3) is 0 Å². The molecule has 1 aromatic carbocycles. The second-order valence-electron chi connectivity index (χ2n) is 6.24. The quantitative estimate of drug-likeness (QED) is 0.269. The number of hydrogen-bond donors (Lipinski definition) is 2. The van der Waals surface area contributed by atoms with Gasteiger partial charge in [-0.3, -0.25) is 4.68 Å². The summed E-state index contributed by atoms with van der Waals surface area (Å²) in [7, 11) is 0. The number of nitrogens with one attached hydrogen (secondary N) is 2. The zero-order valence-electron chi connectivity index (χ0n) is 16.4. The van der Waals surface area contributed by atoms with Crippen LogP contribution in [0.1, 0.15) is 34.7 Å². The van der Waals surface area contributed by atoms with E-state index in [0.717, 1.165) is 32.0 Å². The van der Waals surface area contributed by atoms with Crippen molar-refractivity contribution >= 4 is 41.3 Å². The molecule has 0 saturated carbocycles. The Morgan fingerprint density at radius 2 is 1.82 bits per heavy atom. The fraction of sp³-hybridized carbons (Fsp3) is 0.333. The maximum absolute atomic E-state index is 4.79. The first-order valence-electron chi connectivity index (χ1n) is 9.42. The van der Waals surface area contributed by atoms with Crippen LogP contribution in [0, 0.1) is 0 Å². The first kappa shape index (κ1) is 22.4. The lowest BCUT2D eigenvalue weighted by molar-refractivity contribution is 0.680. The van der Waals surface area contributed by atoms with Gasteiger partial charge in [0.05, 0.1) is 19.6 Å². The minimum atomic E-state index is 0. The molecule has 0 saturated heterocycles. The first-order valence-corrected chi connectivity index (χ1v) is 10.2. The summed E-state index contributed by atoms with van der Waals surface area (Å²) in [6.45, 7) is 7.31. The number of nitrogens with zero attached hydrogens (tertiary/aromatic N) is 3. The second kappa shape index (κ2) is 11.9. The van der Waals surface area contributed by atoms with Crippen LogP contribution in [0.5, 0.6) is 0 Å². The van der Waals surface area contributed by atoms with E-state index in [9.17, 15) is 0 Å². The van der Waals surface area contributed by atoms with Gasteiger partial charge in [0.1, 0.15) is 0 Å².